The molecule has 0 spiro atoms. The predicted molar refractivity (Wildman–Crippen MR) is 52.7 cm³/mol. The summed E-state index contributed by atoms with van der Waals surface area (Å²) in [6.45, 7) is 3.00. The minimum atomic E-state index is 0.502. The van der Waals surface area contributed by atoms with Gasteiger partial charge in [0.2, 0.25) is 0 Å². The smallest absolute Gasteiger partial charge is 0.0605 e. The van der Waals surface area contributed by atoms with E-state index >= 15 is 0 Å². The van der Waals surface area contributed by atoms with Crippen LogP contribution >= 0.6 is 11.6 Å². The Hall–Kier alpha value is 0.250. The van der Waals surface area contributed by atoms with E-state index in [2.05, 4.69) is 6.92 Å². The highest BCUT2D eigenvalue weighted by molar-refractivity contribution is 6.17. The molecule has 2 heteroatoms. The summed E-state index contributed by atoms with van der Waals surface area (Å²) in [5.74, 6) is 1.53. The van der Waals surface area contributed by atoms with E-state index in [1.807, 2.05) is 0 Å². The van der Waals surface area contributed by atoms with Crippen molar-refractivity contribution in [2.75, 3.05) is 12.5 Å². The van der Waals surface area contributed by atoms with Gasteiger partial charge in [0.05, 0.1) is 12.7 Å². The van der Waals surface area contributed by atoms with Gasteiger partial charge in [-0.2, -0.15) is 0 Å². The largest absolute Gasteiger partial charge is 0.377 e. The molecule has 2 unspecified atom stereocenters. The van der Waals surface area contributed by atoms with Gasteiger partial charge in [-0.05, 0) is 18.8 Å². The second-order valence-electron chi connectivity index (χ2n) is 3.62. The van der Waals surface area contributed by atoms with Crippen molar-refractivity contribution >= 4 is 11.6 Å². The predicted octanol–water partition coefficient (Wildman–Crippen LogP) is 3.21. The zero-order valence-electron chi connectivity index (χ0n) is 7.89. The number of hydrogen-bond donors (Lipinski definition) is 0. The lowest BCUT2D eigenvalue weighted by Gasteiger charge is -2.28. The fraction of sp³-hybridized carbons (Fsp3) is 1.00. The molecule has 12 heavy (non-hydrogen) atoms. The first-order valence-electron chi connectivity index (χ1n) is 5.04. The van der Waals surface area contributed by atoms with Crippen molar-refractivity contribution in [3.05, 3.63) is 0 Å². The van der Waals surface area contributed by atoms with Crippen molar-refractivity contribution in [1.82, 2.24) is 0 Å². The van der Waals surface area contributed by atoms with Crippen LogP contribution in [0.25, 0.3) is 0 Å². The molecule has 0 radical (unpaired) electrons. The van der Waals surface area contributed by atoms with Crippen LogP contribution in [0.4, 0.5) is 0 Å². The minimum Gasteiger partial charge on any atom is -0.377 e. The first-order valence-corrected chi connectivity index (χ1v) is 5.57. The van der Waals surface area contributed by atoms with Crippen LogP contribution in [0.5, 0.6) is 0 Å². The van der Waals surface area contributed by atoms with Crippen molar-refractivity contribution < 1.29 is 4.74 Å². The van der Waals surface area contributed by atoms with E-state index in [9.17, 15) is 0 Å². The molecule has 1 aliphatic rings. The highest BCUT2D eigenvalue weighted by Crippen LogP contribution is 2.28. The number of halogens is 1. The molecule has 1 saturated carbocycles. The van der Waals surface area contributed by atoms with Gasteiger partial charge in [0, 0.05) is 5.88 Å². The van der Waals surface area contributed by atoms with E-state index in [1.54, 1.807) is 0 Å². The maximum absolute atomic E-state index is 5.63. The Morgan fingerprint density at radius 3 is 2.92 bits per heavy atom. The molecule has 0 N–H and O–H groups in total. The first kappa shape index (κ1) is 10.3. The maximum Gasteiger partial charge on any atom is 0.0605 e. The minimum absolute atomic E-state index is 0.502. The zero-order chi connectivity index (χ0) is 8.81. The fourth-order valence-corrected chi connectivity index (χ4v) is 2.06. The molecule has 0 aromatic heterocycles. The molecule has 1 nitrogen and oxygen atoms in total. The number of alkyl halides is 1. The molecule has 1 fully saturated rings. The van der Waals surface area contributed by atoms with Crippen LogP contribution in [0.3, 0.4) is 0 Å². The summed E-state index contributed by atoms with van der Waals surface area (Å²) in [7, 11) is 0. The summed E-state index contributed by atoms with van der Waals surface area (Å²) < 4.78 is 5.63. The van der Waals surface area contributed by atoms with Crippen molar-refractivity contribution in [2.24, 2.45) is 5.92 Å². The summed E-state index contributed by atoms with van der Waals surface area (Å²) >= 11 is 5.57. The lowest BCUT2D eigenvalue weighted by molar-refractivity contribution is 0.0210. The molecule has 0 saturated heterocycles. The Morgan fingerprint density at radius 1 is 1.42 bits per heavy atom. The summed E-state index contributed by atoms with van der Waals surface area (Å²) in [5.41, 5.74) is 0. The summed E-state index contributed by atoms with van der Waals surface area (Å²) in [4.78, 5) is 0. The summed E-state index contributed by atoms with van der Waals surface area (Å²) in [6, 6.07) is 0. The average Bonchev–Trinajstić information content (AvgIpc) is 2.15. The van der Waals surface area contributed by atoms with Crippen LogP contribution in [0.1, 0.15) is 39.0 Å². The second kappa shape index (κ2) is 5.82. The molecule has 0 aliphatic heterocycles. The quantitative estimate of drug-likeness (QED) is 0.619. The second-order valence-corrected chi connectivity index (χ2v) is 4.00. The van der Waals surface area contributed by atoms with E-state index in [4.69, 9.17) is 16.3 Å². The normalized spacial score (nSPS) is 30.5. The van der Waals surface area contributed by atoms with Crippen LogP contribution in [0.15, 0.2) is 0 Å². The van der Waals surface area contributed by atoms with Gasteiger partial charge in [-0.3, -0.25) is 0 Å². The van der Waals surface area contributed by atoms with Crippen molar-refractivity contribution in [3.63, 3.8) is 0 Å². The third kappa shape index (κ3) is 3.32. The van der Waals surface area contributed by atoms with Gasteiger partial charge in [-0.1, -0.05) is 26.2 Å². The Kier molecular flexibility index (Phi) is 5.01. The third-order valence-electron chi connectivity index (χ3n) is 2.74. The molecule has 0 heterocycles. The molecule has 1 aliphatic carbocycles. The summed E-state index contributed by atoms with van der Waals surface area (Å²) in [5, 5.41) is 0. The van der Waals surface area contributed by atoms with Crippen LogP contribution in [0, 0.1) is 5.92 Å². The molecule has 0 aromatic carbocycles. The Morgan fingerprint density at radius 2 is 2.25 bits per heavy atom. The number of ether oxygens (including phenoxy) is 1. The third-order valence-corrected chi connectivity index (χ3v) is 2.90. The number of rotatable bonds is 4. The Bertz CT molecular complexity index is 116. The standard InChI is InChI=1S/C10H19ClO/c1-2-9-4-3-5-10(8-9)12-7-6-11/h9-10H,2-8H2,1H3. The highest BCUT2D eigenvalue weighted by atomic mass is 35.5. The Balaban J connectivity index is 2.16. The van der Waals surface area contributed by atoms with E-state index in [0.717, 1.165) is 12.5 Å². The van der Waals surface area contributed by atoms with Gasteiger partial charge in [0.25, 0.3) is 0 Å². The molecule has 72 valence electrons. The SMILES string of the molecule is CCC1CCCC(OCCCl)C1. The molecule has 0 amide bonds. The average molecular weight is 191 g/mol. The monoisotopic (exact) mass is 190 g/mol. The van der Waals surface area contributed by atoms with Gasteiger partial charge in [0.15, 0.2) is 0 Å². The molecule has 0 aromatic rings. The van der Waals surface area contributed by atoms with Gasteiger partial charge in [0.1, 0.15) is 0 Å². The highest BCUT2D eigenvalue weighted by Gasteiger charge is 2.20. The van der Waals surface area contributed by atoms with Crippen LogP contribution in [-0.4, -0.2) is 18.6 Å². The van der Waals surface area contributed by atoms with Crippen LogP contribution in [0.2, 0.25) is 0 Å². The summed E-state index contributed by atoms with van der Waals surface area (Å²) in [6.07, 6.45) is 7.05. The molecule has 0 bridgehead atoms. The van der Waals surface area contributed by atoms with Gasteiger partial charge < -0.3 is 4.74 Å². The van der Waals surface area contributed by atoms with Crippen molar-refractivity contribution in [1.29, 1.82) is 0 Å². The van der Waals surface area contributed by atoms with Crippen LogP contribution < -0.4 is 0 Å². The number of hydrogen-bond acceptors (Lipinski definition) is 1. The zero-order valence-corrected chi connectivity index (χ0v) is 8.65. The van der Waals surface area contributed by atoms with E-state index in [-0.39, 0.29) is 0 Å². The maximum atomic E-state index is 5.63. The fourth-order valence-electron chi connectivity index (χ4n) is 1.98. The van der Waals surface area contributed by atoms with E-state index in [0.29, 0.717) is 12.0 Å². The van der Waals surface area contributed by atoms with Gasteiger partial charge in [-0.25, -0.2) is 0 Å². The lowest BCUT2D eigenvalue weighted by atomic mass is 9.85. The van der Waals surface area contributed by atoms with E-state index < -0.39 is 0 Å². The Labute approximate surface area is 80.4 Å². The van der Waals surface area contributed by atoms with Crippen LogP contribution in [-0.2, 0) is 4.74 Å². The van der Waals surface area contributed by atoms with Crippen molar-refractivity contribution in [3.8, 4) is 0 Å². The van der Waals surface area contributed by atoms with E-state index in [1.165, 1.54) is 32.1 Å². The molecule has 1 rings (SSSR count). The van der Waals surface area contributed by atoms with Crippen molar-refractivity contribution in [2.45, 2.75) is 45.1 Å². The van der Waals surface area contributed by atoms with Gasteiger partial charge >= 0.3 is 0 Å². The molecule has 2 atom stereocenters. The first-order chi connectivity index (χ1) is 5.86. The molecular weight excluding hydrogens is 172 g/mol. The molecular formula is C10H19ClO. The lowest BCUT2D eigenvalue weighted by Crippen LogP contribution is -2.23. The van der Waals surface area contributed by atoms with Gasteiger partial charge in [-0.15, -0.1) is 11.6 Å². The topological polar surface area (TPSA) is 9.23 Å².